The monoisotopic (exact) mass is 199 g/mol. The maximum Gasteiger partial charge on any atom is 0.328 e. The zero-order valence-corrected chi connectivity index (χ0v) is 7.95. The van der Waals surface area contributed by atoms with Crippen LogP contribution in [-0.4, -0.2) is 36.7 Å². The molecule has 0 aliphatic carbocycles. The lowest BCUT2D eigenvalue weighted by molar-refractivity contribution is -0.143. The van der Waals surface area contributed by atoms with Crippen LogP contribution in [0, 0.1) is 12.3 Å². The molecule has 0 aliphatic rings. The average molecular weight is 199 g/mol. The van der Waals surface area contributed by atoms with Crippen LogP contribution in [-0.2, 0) is 14.3 Å². The van der Waals surface area contributed by atoms with Gasteiger partial charge < -0.3 is 15.2 Å². The summed E-state index contributed by atoms with van der Waals surface area (Å²) in [6, 6.07) is -1.01. The van der Waals surface area contributed by atoms with Gasteiger partial charge in [-0.1, -0.05) is 0 Å². The second-order valence-electron chi connectivity index (χ2n) is 2.62. The summed E-state index contributed by atoms with van der Waals surface area (Å²) in [6.45, 7) is -0.0584. The van der Waals surface area contributed by atoms with E-state index < -0.39 is 12.0 Å². The Balaban J connectivity index is 3.97. The van der Waals surface area contributed by atoms with Crippen LogP contribution in [0.15, 0.2) is 0 Å². The van der Waals surface area contributed by atoms with Gasteiger partial charge in [0.25, 0.3) is 0 Å². The number of rotatable bonds is 6. The van der Waals surface area contributed by atoms with E-state index in [2.05, 4.69) is 16.0 Å². The highest BCUT2D eigenvalue weighted by Crippen LogP contribution is 1.90. The number of terminal acetylenes is 1. The zero-order valence-electron chi connectivity index (χ0n) is 7.95. The first kappa shape index (κ1) is 12.5. The van der Waals surface area contributed by atoms with Gasteiger partial charge in [0, 0.05) is 20.0 Å². The molecule has 1 amide bonds. The number of carboxylic acids is 1. The molecular formula is C9H13NO4. The molecule has 0 spiro atoms. The van der Waals surface area contributed by atoms with Crippen LogP contribution in [0.3, 0.4) is 0 Å². The molecule has 0 saturated heterocycles. The van der Waals surface area contributed by atoms with Crippen LogP contribution < -0.4 is 5.32 Å². The Kier molecular flexibility index (Phi) is 6.16. The highest BCUT2D eigenvalue weighted by atomic mass is 16.5. The Hall–Kier alpha value is -1.54. The molecule has 1 unspecified atom stereocenters. The summed E-state index contributed by atoms with van der Waals surface area (Å²) in [5.41, 5.74) is 0. The van der Waals surface area contributed by atoms with E-state index >= 15 is 0 Å². The van der Waals surface area contributed by atoms with Gasteiger partial charge in [0.15, 0.2) is 6.04 Å². The SMILES string of the molecule is C#CCCC(=O)NC(COC)C(=O)O. The summed E-state index contributed by atoms with van der Waals surface area (Å²) in [4.78, 5) is 21.6. The normalized spacial score (nSPS) is 11.4. The van der Waals surface area contributed by atoms with Crippen molar-refractivity contribution in [2.24, 2.45) is 0 Å². The minimum atomic E-state index is -1.12. The number of nitrogens with one attached hydrogen (secondary N) is 1. The minimum absolute atomic E-state index is 0.0584. The van der Waals surface area contributed by atoms with Gasteiger partial charge in [0.2, 0.25) is 5.91 Å². The van der Waals surface area contributed by atoms with Crippen molar-refractivity contribution < 1.29 is 19.4 Å². The van der Waals surface area contributed by atoms with Gasteiger partial charge >= 0.3 is 5.97 Å². The molecule has 5 heteroatoms. The van der Waals surface area contributed by atoms with Crippen LogP contribution in [0.5, 0.6) is 0 Å². The van der Waals surface area contributed by atoms with Gasteiger partial charge in [-0.15, -0.1) is 12.3 Å². The number of ether oxygens (including phenoxy) is 1. The number of hydrogen-bond donors (Lipinski definition) is 2. The maximum absolute atomic E-state index is 11.1. The van der Waals surface area contributed by atoms with Crippen LogP contribution >= 0.6 is 0 Å². The third-order valence-corrected chi connectivity index (χ3v) is 1.46. The summed E-state index contributed by atoms with van der Waals surface area (Å²) in [5.74, 6) is 0.787. The van der Waals surface area contributed by atoms with Crippen LogP contribution in [0.4, 0.5) is 0 Å². The van der Waals surface area contributed by atoms with Gasteiger partial charge in [-0.05, 0) is 0 Å². The Morgan fingerprint density at radius 2 is 2.29 bits per heavy atom. The van der Waals surface area contributed by atoms with E-state index in [0.29, 0.717) is 6.42 Å². The molecule has 0 saturated carbocycles. The highest BCUT2D eigenvalue weighted by molar-refractivity contribution is 5.83. The fraction of sp³-hybridized carbons (Fsp3) is 0.556. The molecule has 0 aromatic heterocycles. The number of hydrogen-bond acceptors (Lipinski definition) is 3. The zero-order chi connectivity index (χ0) is 11.0. The highest BCUT2D eigenvalue weighted by Gasteiger charge is 2.18. The number of carbonyl (C=O) groups is 2. The van der Waals surface area contributed by atoms with Crippen molar-refractivity contribution in [1.82, 2.24) is 5.32 Å². The first-order chi connectivity index (χ1) is 6.61. The number of methoxy groups -OCH3 is 1. The van der Waals surface area contributed by atoms with Crippen molar-refractivity contribution in [3.8, 4) is 12.3 Å². The molecule has 0 fully saturated rings. The number of carbonyl (C=O) groups excluding carboxylic acids is 1. The van der Waals surface area contributed by atoms with Gasteiger partial charge in [0.1, 0.15) is 0 Å². The van der Waals surface area contributed by atoms with Crippen molar-refractivity contribution in [2.45, 2.75) is 18.9 Å². The summed E-state index contributed by atoms with van der Waals surface area (Å²) in [7, 11) is 1.36. The third kappa shape index (κ3) is 5.17. The molecule has 1 atom stereocenters. The van der Waals surface area contributed by atoms with E-state index in [1.54, 1.807) is 0 Å². The molecule has 0 rings (SSSR count). The Labute approximate surface area is 82.4 Å². The average Bonchev–Trinajstić information content (AvgIpc) is 2.14. The minimum Gasteiger partial charge on any atom is -0.480 e. The predicted octanol–water partition coefficient (Wildman–Crippen LogP) is -0.384. The summed E-state index contributed by atoms with van der Waals surface area (Å²) in [6.07, 6.45) is 5.38. The lowest BCUT2D eigenvalue weighted by Gasteiger charge is -2.12. The topological polar surface area (TPSA) is 75.6 Å². The number of amides is 1. The Morgan fingerprint density at radius 3 is 2.71 bits per heavy atom. The van der Waals surface area contributed by atoms with Gasteiger partial charge in [-0.25, -0.2) is 4.79 Å². The predicted molar refractivity (Wildman–Crippen MR) is 49.5 cm³/mol. The largest absolute Gasteiger partial charge is 0.480 e. The van der Waals surface area contributed by atoms with Crippen molar-refractivity contribution in [3.05, 3.63) is 0 Å². The summed E-state index contributed by atoms with van der Waals surface area (Å²) < 4.78 is 4.63. The van der Waals surface area contributed by atoms with E-state index in [-0.39, 0.29) is 18.9 Å². The summed E-state index contributed by atoms with van der Waals surface area (Å²) >= 11 is 0. The molecule has 78 valence electrons. The number of aliphatic carboxylic acids is 1. The molecule has 5 nitrogen and oxygen atoms in total. The Morgan fingerprint density at radius 1 is 1.64 bits per heavy atom. The van der Waals surface area contributed by atoms with Crippen LogP contribution in [0.1, 0.15) is 12.8 Å². The van der Waals surface area contributed by atoms with Crippen molar-refractivity contribution in [2.75, 3.05) is 13.7 Å². The van der Waals surface area contributed by atoms with Crippen LogP contribution in [0.25, 0.3) is 0 Å². The second-order valence-corrected chi connectivity index (χ2v) is 2.62. The van der Waals surface area contributed by atoms with E-state index in [4.69, 9.17) is 11.5 Å². The Bertz CT molecular complexity index is 244. The van der Waals surface area contributed by atoms with Crippen molar-refractivity contribution >= 4 is 11.9 Å². The lowest BCUT2D eigenvalue weighted by Crippen LogP contribution is -2.43. The van der Waals surface area contributed by atoms with Crippen molar-refractivity contribution in [1.29, 1.82) is 0 Å². The maximum atomic E-state index is 11.1. The molecule has 0 aromatic carbocycles. The number of carboxylic acid groups (broad SMARTS) is 1. The lowest BCUT2D eigenvalue weighted by atomic mass is 10.2. The molecule has 0 radical (unpaired) electrons. The molecule has 0 heterocycles. The molecule has 2 N–H and O–H groups in total. The first-order valence-electron chi connectivity index (χ1n) is 4.06. The smallest absolute Gasteiger partial charge is 0.328 e. The van der Waals surface area contributed by atoms with Gasteiger partial charge in [-0.3, -0.25) is 4.79 Å². The molecule has 0 aliphatic heterocycles. The van der Waals surface area contributed by atoms with Gasteiger partial charge in [-0.2, -0.15) is 0 Å². The molecule has 0 bridgehead atoms. The molecule has 14 heavy (non-hydrogen) atoms. The van der Waals surface area contributed by atoms with E-state index in [1.807, 2.05) is 0 Å². The first-order valence-corrected chi connectivity index (χ1v) is 4.06. The van der Waals surface area contributed by atoms with E-state index in [9.17, 15) is 9.59 Å². The quantitative estimate of drug-likeness (QED) is 0.571. The van der Waals surface area contributed by atoms with Crippen molar-refractivity contribution in [3.63, 3.8) is 0 Å². The fourth-order valence-corrected chi connectivity index (χ4v) is 0.794. The standard InChI is InChI=1S/C9H13NO4/c1-3-4-5-8(11)10-7(6-14-2)9(12)13/h1,7H,4-6H2,2H3,(H,10,11)(H,12,13). The van der Waals surface area contributed by atoms with E-state index in [0.717, 1.165) is 0 Å². The second kappa shape index (κ2) is 6.92. The molecule has 0 aromatic rings. The van der Waals surface area contributed by atoms with Gasteiger partial charge in [0.05, 0.1) is 6.61 Å². The molecular weight excluding hydrogens is 186 g/mol. The third-order valence-electron chi connectivity index (χ3n) is 1.46. The van der Waals surface area contributed by atoms with E-state index in [1.165, 1.54) is 7.11 Å². The fourth-order valence-electron chi connectivity index (χ4n) is 0.794. The summed E-state index contributed by atoms with van der Waals surface area (Å²) in [5, 5.41) is 10.9. The van der Waals surface area contributed by atoms with Crippen LogP contribution in [0.2, 0.25) is 0 Å².